The minimum Gasteiger partial charge on any atom is -0.316 e. The van der Waals surface area contributed by atoms with Gasteiger partial charge in [-0.2, -0.15) is 0 Å². The number of nitro benzene ring substituents is 1. The molecule has 2 aliphatic heterocycles. The Kier molecular flexibility index (Phi) is 4.28. The van der Waals surface area contributed by atoms with Gasteiger partial charge in [-0.1, -0.05) is 22.9 Å². The van der Waals surface area contributed by atoms with E-state index >= 15 is 0 Å². The standard InChI is InChI=1S/C15H20BrN3O2/c1-2-14-13-7-17-6-11(13)9-18(14)8-10-3-4-12(16)5-15(10)19(20)21/h3-5,11,13-14,17H,2,6-9H2,1H3. The molecule has 3 rings (SSSR count). The van der Waals surface area contributed by atoms with Crippen LogP contribution in [0.3, 0.4) is 0 Å². The van der Waals surface area contributed by atoms with Crippen LogP contribution in [0.1, 0.15) is 18.9 Å². The number of hydrogen-bond donors (Lipinski definition) is 1. The number of likely N-dealkylation sites (tertiary alicyclic amines) is 1. The second-order valence-electron chi connectivity index (χ2n) is 6.02. The summed E-state index contributed by atoms with van der Waals surface area (Å²) in [6, 6.07) is 5.91. The molecule has 6 heteroatoms. The van der Waals surface area contributed by atoms with Crippen LogP contribution in [-0.4, -0.2) is 35.5 Å². The molecule has 1 aromatic carbocycles. The van der Waals surface area contributed by atoms with E-state index in [0.29, 0.717) is 24.4 Å². The molecule has 2 heterocycles. The van der Waals surface area contributed by atoms with Crippen LogP contribution in [0.5, 0.6) is 0 Å². The monoisotopic (exact) mass is 353 g/mol. The summed E-state index contributed by atoms with van der Waals surface area (Å²) < 4.78 is 0.757. The number of nitrogens with one attached hydrogen (secondary N) is 1. The van der Waals surface area contributed by atoms with Gasteiger partial charge in [-0.25, -0.2) is 0 Å². The van der Waals surface area contributed by atoms with E-state index in [1.807, 2.05) is 12.1 Å². The molecular formula is C15H20BrN3O2. The molecule has 2 aliphatic rings. The SMILES string of the molecule is CCC1C2CNCC2CN1Cc1ccc(Br)cc1[N+](=O)[O-]. The third-order valence-corrected chi connectivity index (χ3v) is 5.35. The highest BCUT2D eigenvalue weighted by Gasteiger charge is 2.43. The van der Waals surface area contributed by atoms with Crippen LogP contribution >= 0.6 is 15.9 Å². The number of nitrogens with zero attached hydrogens (tertiary/aromatic N) is 2. The van der Waals surface area contributed by atoms with E-state index in [1.165, 1.54) is 0 Å². The van der Waals surface area contributed by atoms with Gasteiger partial charge in [-0.05, 0) is 43.5 Å². The Balaban J connectivity index is 1.82. The third kappa shape index (κ3) is 2.84. The second-order valence-corrected chi connectivity index (χ2v) is 6.93. The predicted octanol–water partition coefficient (Wildman–Crippen LogP) is 2.79. The summed E-state index contributed by atoms with van der Waals surface area (Å²) in [6.07, 6.45) is 1.10. The van der Waals surface area contributed by atoms with E-state index in [9.17, 15) is 10.1 Å². The average Bonchev–Trinajstić information content (AvgIpc) is 3.00. The number of hydrogen-bond acceptors (Lipinski definition) is 4. The van der Waals surface area contributed by atoms with E-state index in [2.05, 4.69) is 33.1 Å². The van der Waals surface area contributed by atoms with Crippen LogP contribution in [0.2, 0.25) is 0 Å². The molecule has 1 N–H and O–H groups in total. The zero-order valence-corrected chi connectivity index (χ0v) is 13.7. The maximum Gasteiger partial charge on any atom is 0.275 e. The lowest BCUT2D eigenvalue weighted by Gasteiger charge is -2.26. The predicted molar refractivity (Wildman–Crippen MR) is 85.1 cm³/mol. The fourth-order valence-corrected chi connectivity index (χ4v) is 4.26. The minimum absolute atomic E-state index is 0.217. The lowest BCUT2D eigenvalue weighted by molar-refractivity contribution is -0.385. The number of halogens is 1. The van der Waals surface area contributed by atoms with Crippen LogP contribution in [0.15, 0.2) is 22.7 Å². The van der Waals surface area contributed by atoms with Gasteiger partial charge in [0.15, 0.2) is 0 Å². The van der Waals surface area contributed by atoms with Crippen molar-refractivity contribution < 1.29 is 4.92 Å². The first kappa shape index (κ1) is 14.9. The second kappa shape index (κ2) is 6.02. The van der Waals surface area contributed by atoms with Gasteiger partial charge in [0.1, 0.15) is 0 Å². The van der Waals surface area contributed by atoms with Gasteiger partial charge in [0.25, 0.3) is 5.69 Å². The normalized spacial score (nSPS) is 28.8. The quantitative estimate of drug-likeness (QED) is 0.667. The molecule has 0 saturated carbocycles. The first-order valence-electron chi connectivity index (χ1n) is 7.47. The van der Waals surface area contributed by atoms with Gasteiger partial charge in [-0.15, -0.1) is 0 Å². The Morgan fingerprint density at radius 3 is 3.00 bits per heavy atom. The summed E-state index contributed by atoms with van der Waals surface area (Å²) >= 11 is 3.32. The topological polar surface area (TPSA) is 58.4 Å². The highest BCUT2D eigenvalue weighted by atomic mass is 79.9. The van der Waals surface area contributed by atoms with Gasteiger partial charge >= 0.3 is 0 Å². The van der Waals surface area contributed by atoms with Crippen molar-refractivity contribution in [1.82, 2.24) is 10.2 Å². The van der Waals surface area contributed by atoms with Crippen molar-refractivity contribution in [3.05, 3.63) is 38.3 Å². The van der Waals surface area contributed by atoms with Crippen LogP contribution in [0.4, 0.5) is 5.69 Å². The van der Waals surface area contributed by atoms with E-state index in [0.717, 1.165) is 36.1 Å². The molecule has 1 aromatic rings. The van der Waals surface area contributed by atoms with E-state index in [-0.39, 0.29) is 10.6 Å². The van der Waals surface area contributed by atoms with Crippen molar-refractivity contribution in [2.75, 3.05) is 19.6 Å². The van der Waals surface area contributed by atoms with Crippen molar-refractivity contribution in [2.45, 2.75) is 25.9 Å². The number of rotatable bonds is 4. The molecule has 114 valence electrons. The molecule has 0 radical (unpaired) electrons. The van der Waals surface area contributed by atoms with Crippen LogP contribution in [-0.2, 0) is 6.54 Å². The summed E-state index contributed by atoms with van der Waals surface area (Å²) in [5, 5.41) is 14.7. The molecule has 0 amide bonds. The van der Waals surface area contributed by atoms with Crippen LogP contribution in [0, 0.1) is 22.0 Å². The molecule has 5 nitrogen and oxygen atoms in total. The number of fused-ring (bicyclic) bond motifs is 1. The molecule has 0 aliphatic carbocycles. The van der Waals surface area contributed by atoms with Gasteiger partial charge in [-0.3, -0.25) is 15.0 Å². The highest BCUT2D eigenvalue weighted by molar-refractivity contribution is 9.10. The summed E-state index contributed by atoms with van der Waals surface area (Å²) in [6.45, 7) is 6.11. The maximum atomic E-state index is 11.3. The Hall–Kier alpha value is -0.980. The van der Waals surface area contributed by atoms with E-state index in [1.54, 1.807) is 6.07 Å². The van der Waals surface area contributed by atoms with Crippen molar-refractivity contribution in [3.8, 4) is 0 Å². The Morgan fingerprint density at radius 2 is 2.29 bits per heavy atom. The van der Waals surface area contributed by atoms with E-state index in [4.69, 9.17) is 0 Å². The molecular weight excluding hydrogens is 334 g/mol. The largest absolute Gasteiger partial charge is 0.316 e. The molecule has 0 spiro atoms. The summed E-state index contributed by atoms with van der Waals surface area (Å²) in [7, 11) is 0. The van der Waals surface area contributed by atoms with Crippen molar-refractivity contribution in [2.24, 2.45) is 11.8 Å². The Bertz CT molecular complexity index is 552. The lowest BCUT2D eigenvalue weighted by Crippen LogP contribution is -2.34. The van der Waals surface area contributed by atoms with Crippen molar-refractivity contribution in [3.63, 3.8) is 0 Å². The molecule has 2 fully saturated rings. The Labute approximate surface area is 133 Å². The van der Waals surface area contributed by atoms with Crippen LogP contribution < -0.4 is 5.32 Å². The number of benzene rings is 1. The molecule has 0 bridgehead atoms. The smallest absolute Gasteiger partial charge is 0.275 e. The molecule has 2 saturated heterocycles. The van der Waals surface area contributed by atoms with Gasteiger partial charge < -0.3 is 5.32 Å². The van der Waals surface area contributed by atoms with Gasteiger partial charge in [0.2, 0.25) is 0 Å². The summed E-state index contributed by atoms with van der Waals surface area (Å²) in [4.78, 5) is 13.4. The Morgan fingerprint density at radius 1 is 1.48 bits per heavy atom. The van der Waals surface area contributed by atoms with E-state index < -0.39 is 0 Å². The molecule has 3 atom stereocenters. The third-order valence-electron chi connectivity index (χ3n) is 4.86. The number of nitro groups is 1. The molecule has 0 aromatic heterocycles. The average molecular weight is 354 g/mol. The fraction of sp³-hybridized carbons (Fsp3) is 0.600. The molecule has 21 heavy (non-hydrogen) atoms. The summed E-state index contributed by atoms with van der Waals surface area (Å²) in [5.41, 5.74) is 1.03. The zero-order valence-electron chi connectivity index (χ0n) is 12.1. The van der Waals surface area contributed by atoms with Crippen molar-refractivity contribution >= 4 is 21.6 Å². The van der Waals surface area contributed by atoms with Crippen molar-refractivity contribution in [1.29, 1.82) is 0 Å². The molecule has 3 unspecified atom stereocenters. The van der Waals surface area contributed by atoms with Crippen LogP contribution in [0.25, 0.3) is 0 Å². The van der Waals surface area contributed by atoms with Gasteiger partial charge in [0.05, 0.1) is 4.92 Å². The minimum atomic E-state index is -0.278. The van der Waals surface area contributed by atoms with Gasteiger partial charge in [0, 0.05) is 35.2 Å². The maximum absolute atomic E-state index is 11.3. The zero-order chi connectivity index (χ0) is 15.0. The first-order valence-corrected chi connectivity index (χ1v) is 8.27. The lowest BCUT2D eigenvalue weighted by atomic mass is 9.93. The highest BCUT2D eigenvalue weighted by Crippen LogP contribution is 2.36. The fourth-order valence-electron chi connectivity index (χ4n) is 3.91. The first-order chi connectivity index (χ1) is 10.1. The summed E-state index contributed by atoms with van der Waals surface area (Å²) in [5.74, 6) is 1.40.